The minimum Gasteiger partial charge on any atom is -0.282 e. The molecule has 5 heteroatoms. The Balaban J connectivity index is 2.45. The van der Waals surface area contributed by atoms with Crippen LogP contribution in [0.4, 0.5) is 5.69 Å². The van der Waals surface area contributed by atoms with Crippen LogP contribution < -0.4 is 5.48 Å². The molecule has 0 aliphatic heterocycles. The van der Waals surface area contributed by atoms with Crippen LogP contribution in [-0.2, 0) is 15.6 Å². The molecule has 1 aromatic carbocycles. The molecular formula is C6H7NO3S. The van der Waals surface area contributed by atoms with Gasteiger partial charge in [-0.25, -0.2) is 5.48 Å². The lowest BCUT2D eigenvalue weighted by atomic mass is 10.3. The second-order valence-corrected chi connectivity index (χ2v) is 2.37. The fraction of sp³-hybridized carbons (Fsp3) is 0. The van der Waals surface area contributed by atoms with Crippen molar-refractivity contribution in [3.8, 4) is 0 Å². The van der Waals surface area contributed by atoms with E-state index >= 15 is 0 Å². The Morgan fingerprint density at radius 2 is 2.00 bits per heavy atom. The lowest BCUT2D eigenvalue weighted by molar-refractivity contribution is 0.373. The fourth-order valence-corrected chi connectivity index (χ4v) is 0.757. The maximum Gasteiger partial charge on any atom is 0.324 e. The van der Waals surface area contributed by atoms with Crippen LogP contribution in [0.3, 0.4) is 0 Å². The van der Waals surface area contributed by atoms with Crippen LogP contribution in [-0.4, -0.2) is 8.76 Å². The maximum atomic E-state index is 10.00. The molecule has 0 fully saturated rings. The van der Waals surface area contributed by atoms with Gasteiger partial charge in [-0.05, 0) is 12.1 Å². The number of rotatable bonds is 3. The van der Waals surface area contributed by atoms with E-state index in [1.54, 1.807) is 24.3 Å². The average Bonchev–Trinajstić information content (AvgIpc) is 2.03. The molecule has 11 heavy (non-hydrogen) atoms. The van der Waals surface area contributed by atoms with Gasteiger partial charge in [0, 0.05) is 0 Å². The quantitative estimate of drug-likeness (QED) is 0.532. The van der Waals surface area contributed by atoms with E-state index in [1.165, 1.54) is 0 Å². The third kappa shape index (κ3) is 3.13. The van der Waals surface area contributed by atoms with Gasteiger partial charge in [-0.15, -0.1) is 4.28 Å². The van der Waals surface area contributed by atoms with Crippen molar-refractivity contribution in [1.82, 2.24) is 0 Å². The molecule has 0 aromatic heterocycles. The third-order valence-electron chi connectivity index (χ3n) is 1.00. The number of anilines is 1. The Bertz CT molecular complexity index is 239. The van der Waals surface area contributed by atoms with Gasteiger partial charge in [0.15, 0.2) is 0 Å². The fourth-order valence-electron chi connectivity index (χ4n) is 0.590. The van der Waals surface area contributed by atoms with Gasteiger partial charge in [0.05, 0.1) is 5.69 Å². The largest absolute Gasteiger partial charge is 0.324 e. The van der Waals surface area contributed by atoms with Crippen LogP contribution in [0, 0.1) is 0 Å². The predicted molar refractivity (Wildman–Crippen MR) is 41.9 cm³/mol. The molecule has 0 spiro atoms. The van der Waals surface area contributed by atoms with E-state index in [4.69, 9.17) is 4.55 Å². The summed E-state index contributed by atoms with van der Waals surface area (Å²) in [5.41, 5.74) is 2.93. The molecule has 1 atom stereocenters. The molecule has 1 rings (SSSR count). The summed E-state index contributed by atoms with van der Waals surface area (Å²) in [6.45, 7) is 0. The Morgan fingerprint density at radius 1 is 1.36 bits per heavy atom. The summed E-state index contributed by atoms with van der Waals surface area (Å²) < 4.78 is 22.4. The Kier molecular flexibility index (Phi) is 3.03. The number of nitrogens with one attached hydrogen (secondary N) is 1. The van der Waals surface area contributed by atoms with Crippen LogP contribution in [0.15, 0.2) is 30.3 Å². The first-order valence-corrected chi connectivity index (χ1v) is 3.91. The standard InChI is InChI=1S/C6H7NO3S/c8-11(9)10-7-6-4-2-1-3-5-6/h1-5,7H,(H,8,9). The minimum absolute atomic E-state index is 0.634. The zero-order chi connectivity index (χ0) is 8.10. The summed E-state index contributed by atoms with van der Waals surface area (Å²) in [5, 5.41) is 0. The van der Waals surface area contributed by atoms with Gasteiger partial charge in [0.2, 0.25) is 0 Å². The van der Waals surface area contributed by atoms with Crippen molar-refractivity contribution in [2.45, 2.75) is 0 Å². The molecule has 0 bridgehead atoms. The molecule has 4 nitrogen and oxygen atoms in total. The van der Waals surface area contributed by atoms with Gasteiger partial charge >= 0.3 is 11.4 Å². The summed E-state index contributed by atoms with van der Waals surface area (Å²) in [6.07, 6.45) is 0. The number of para-hydroxylation sites is 1. The monoisotopic (exact) mass is 173 g/mol. The molecule has 2 N–H and O–H groups in total. The van der Waals surface area contributed by atoms with Crippen molar-refractivity contribution in [1.29, 1.82) is 0 Å². The molecule has 0 saturated carbocycles. The maximum absolute atomic E-state index is 10.00. The minimum atomic E-state index is -2.28. The van der Waals surface area contributed by atoms with Crippen LogP contribution in [0.5, 0.6) is 0 Å². The van der Waals surface area contributed by atoms with Gasteiger partial charge in [-0.1, -0.05) is 18.2 Å². The van der Waals surface area contributed by atoms with Crippen LogP contribution in [0.25, 0.3) is 0 Å². The van der Waals surface area contributed by atoms with E-state index in [0.29, 0.717) is 5.69 Å². The van der Waals surface area contributed by atoms with Crippen molar-refractivity contribution >= 4 is 17.0 Å². The highest BCUT2D eigenvalue weighted by atomic mass is 32.2. The van der Waals surface area contributed by atoms with Gasteiger partial charge < -0.3 is 0 Å². The van der Waals surface area contributed by atoms with E-state index < -0.39 is 11.4 Å². The molecular weight excluding hydrogens is 166 g/mol. The second-order valence-electron chi connectivity index (χ2n) is 1.77. The summed E-state index contributed by atoms with van der Waals surface area (Å²) >= 11 is -2.28. The lowest BCUT2D eigenvalue weighted by Crippen LogP contribution is -2.02. The SMILES string of the molecule is O=S(O)ONc1ccccc1. The van der Waals surface area contributed by atoms with Crippen molar-refractivity contribution in [2.75, 3.05) is 5.48 Å². The van der Waals surface area contributed by atoms with Crippen LogP contribution in [0.1, 0.15) is 0 Å². The molecule has 0 aliphatic rings. The first-order chi connectivity index (χ1) is 5.29. The predicted octanol–water partition coefficient (Wildman–Crippen LogP) is 1.17. The lowest BCUT2D eigenvalue weighted by Gasteiger charge is -2.00. The van der Waals surface area contributed by atoms with E-state index in [1.807, 2.05) is 6.07 Å². The van der Waals surface area contributed by atoms with Gasteiger partial charge in [0.25, 0.3) is 0 Å². The summed E-state index contributed by atoms with van der Waals surface area (Å²) in [7, 11) is 0. The smallest absolute Gasteiger partial charge is 0.282 e. The molecule has 1 unspecified atom stereocenters. The first-order valence-electron chi connectivity index (χ1n) is 2.88. The normalized spacial score (nSPS) is 12.5. The van der Waals surface area contributed by atoms with Crippen LogP contribution >= 0.6 is 0 Å². The van der Waals surface area contributed by atoms with Crippen molar-refractivity contribution in [3.63, 3.8) is 0 Å². The van der Waals surface area contributed by atoms with E-state index in [2.05, 4.69) is 9.76 Å². The molecule has 0 amide bonds. The molecule has 60 valence electrons. The Morgan fingerprint density at radius 3 is 2.55 bits per heavy atom. The Labute approximate surface area is 66.6 Å². The average molecular weight is 173 g/mol. The highest BCUT2D eigenvalue weighted by molar-refractivity contribution is 7.74. The van der Waals surface area contributed by atoms with E-state index in [0.717, 1.165) is 0 Å². The zero-order valence-electron chi connectivity index (χ0n) is 5.56. The molecule has 0 heterocycles. The van der Waals surface area contributed by atoms with E-state index in [9.17, 15) is 4.21 Å². The first kappa shape index (κ1) is 8.19. The topological polar surface area (TPSA) is 58.6 Å². The van der Waals surface area contributed by atoms with E-state index in [-0.39, 0.29) is 0 Å². The molecule has 0 aliphatic carbocycles. The second kappa shape index (κ2) is 4.07. The Hall–Kier alpha value is -0.910. The van der Waals surface area contributed by atoms with Gasteiger partial charge in [0.1, 0.15) is 0 Å². The number of hydrogen-bond donors (Lipinski definition) is 2. The summed E-state index contributed by atoms with van der Waals surface area (Å²) in [4.78, 5) is 0. The molecule has 1 aromatic rings. The molecule has 0 radical (unpaired) electrons. The van der Waals surface area contributed by atoms with Crippen molar-refractivity contribution in [3.05, 3.63) is 30.3 Å². The number of benzene rings is 1. The highest BCUT2D eigenvalue weighted by Crippen LogP contribution is 2.04. The number of hydrogen-bond acceptors (Lipinski definition) is 3. The van der Waals surface area contributed by atoms with Gasteiger partial charge in [-0.2, -0.15) is 4.21 Å². The zero-order valence-corrected chi connectivity index (χ0v) is 6.38. The summed E-state index contributed by atoms with van der Waals surface area (Å²) in [6, 6.07) is 8.83. The van der Waals surface area contributed by atoms with Crippen LogP contribution in [0.2, 0.25) is 0 Å². The van der Waals surface area contributed by atoms with Crippen molar-refractivity contribution < 1.29 is 13.0 Å². The van der Waals surface area contributed by atoms with Gasteiger partial charge in [-0.3, -0.25) is 4.55 Å². The highest BCUT2D eigenvalue weighted by Gasteiger charge is 1.92. The third-order valence-corrected chi connectivity index (χ3v) is 1.23. The summed E-state index contributed by atoms with van der Waals surface area (Å²) in [5.74, 6) is 0. The molecule has 0 saturated heterocycles. The van der Waals surface area contributed by atoms with Crippen molar-refractivity contribution in [2.24, 2.45) is 0 Å².